The third-order valence-electron chi connectivity index (χ3n) is 5.20. The first-order chi connectivity index (χ1) is 12.0. The van der Waals surface area contributed by atoms with Gasteiger partial charge in [-0.15, -0.1) is 0 Å². The summed E-state index contributed by atoms with van der Waals surface area (Å²) in [6.07, 6.45) is 10.5. The zero-order valence-electron chi connectivity index (χ0n) is 17.4. The van der Waals surface area contributed by atoms with Gasteiger partial charge in [0.2, 0.25) is 0 Å². The van der Waals surface area contributed by atoms with Crippen LogP contribution in [0.4, 0.5) is 0 Å². The van der Waals surface area contributed by atoms with Gasteiger partial charge >= 0.3 is 0 Å². The van der Waals surface area contributed by atoms with Crippen molar-refractivity contribution in [1.29, 1.82) is 0 Å². The van der Waals surface area contributed by atoms with Gasteiger partial charge in [0.25, 0.3) is 0 Å². The SMILES string of the molecule is CCCCCCC=CC(=O)C(C=O)=CC(C)(C)C(O)(O)CC(C)C(C)C. The van der Waals surface area contributed by atoms with Crippen LogP contribution >= 0.6 is 0 Å². The predicted octanol–water partition coefficient (Wildman–Crippen LogP) is 4.60. The first kappa shape index (κ1) is 24.7. The highest BCUT2D eigenvalue weighted by Gasteiger charge is 2.42. The number of aldehydes is 1. The van der Waals surface area contributed by atoms with E-state index in [1.54, 1.807) is 19.9 Å². The van der Waals surface area contributed by atoms with Gasteiger partial charge in [-0.3, -0.25) is 9.59 Å². The Morgan fingerprint density at radius 1 is 1.08 bits per heavy atom. The van der Waals surface area contributed by atoms with Crippen LogP contribution in [-0.2, 0) is 9.59 Å². The minimum Gasteiger partial charge on any atom is -0.365 e. The number of ketones is 1. The summed E-state index contributed by atoms with van der Waals surface area (Å²) >= 11 is 0. The zero-order chi connectivity index (χ0) is 20.4. The van der Waals surface area contributed by atoms with Crippen LogP contribution in [0.1, 0.15) is 80.1 Å². The van der Waals surface area contributed by atoms with Gasteiger partial charge in [-0.05, 0) is 30.8 Å². The Balaban J connectivity index is 5.08. The molecule has 0 aromatic heterocycles. The number of unbranched alkanes of at least 4 members (excludes halogenated alkanes) is 4. The van der Waals surface area contributed by atoms with E-state index in [1.807, 2.05) is 20.8 Å². The molecule has 0 aliphatic carbocycles. The van der Waals surface area contributed by atoms with Gasteiger partial charge in [0.1, 0.15) is 0 Å². The van der Waals surface area contributed by atoms with Crippen molar-refractivity contribution in [2.75, 3.05) is 0 Å². The van der Waals surface area contributed by atoms with Gasteiger partial charge in [0, 0.05) is 11.8 Å². The van der Waals surface area contributed by atoms with Crippen molar-refractivity contribution < 1.29 is 19.8 Å². The van der Waals surface area contributed by atoms with Crippen molar-refractivity contribution in [1.82, 2.24) is 0 Å². The molecule has 4 heteroatoms. The van der Waals surface area contributed by atoms with E-state index in [1.165, 1.54) is 18.6 Å². The van der Waals surface area contributed by atoms with Gasteiger partial charge in [0.15, 0.2) is 17.9 Å². The fraction of sp³-hybridized carbons (Fsp3) is 0.727. The second kappa shape index (κ2) is 11.5. The Bertz CT molecular complexity index is 498. The van der Waals surface area contributed by atoms with E-state index in [-0.39, 0.29) is 17.9 Å². The lowest BCUT2D eigenvalue weighted by Crippen LogP contribution is -2.45. The van der Waals surface area contributed by atoms with Crippen molar-refractivity contribution in [2.24, 2.45) is 17.3 Å². The molecule has 0 saturated carbocycles. The lowest BCUT2D eigenvalue weighted by molar-refractivity contribution is -0.229. The van der Waals surface area contributed by atoms with E-state index in [2.05, 4.69) is 6.92 Å². The quantitative estimate of drug-likeness (QED) is 0.125. The summed E-state index contributed by atoms with van der Waals surface area (Å²) < 4.78 is 0. The van der Waals surface area contributed by atoms with E-state index in [0.29, 0.717) is 12.2 Å². The normalized spacial score (nSPS) is 14.9. The van der Waals surface area contributed by atoms with Crippen molar-refractivity contribution in [3.8, 4) is 0 Å². The van der Waals surface area contributed by atoms with Crippen LogP contribution in [0.25, 0.3) is 0 Å². The molecule has 0 amide bonds. The summed E-state index contributed by atoms with van der Waals surface area (Å²) in [6, 6.07) is 0. The standard InChI is InChI=1S/C22H38O4/c1-7-8-9-10-11-12-13-20(24)19(16-23)15-21(5,6)22(25,26)14-18(4)17(2)3/h12-13,15-18,25-26H,7-11,14H2,1-6H3. The van der Waals surface area contributed by atoms with Crippen molar-refractivity contribution in [3.63, 3.8) is 0 Å². The molecule has 0 aromatic rings. The van der Waals surface area contributed by atoms with Gasteiger partial charge in [-0.25, -0.2) is 0 Å². The Labute approximate surface area is 159 Å². The smallest absolute Gasteiger partial charge is 0.188 e. The molecule has 0 spiro atoms. The lowest BCUT2D eigenvalue weighted by Gasteiger charge is -2.39. The summed E-state index contributed by atoms with van der Waals surface area (Å²) in [7, 11) is 0. The third kappa shape index (κ3) is 8.41. The number of aliphatic hydroxyl groups is 2. The Hall–Kier alpha value is -1.26. The summed E-state index contributed by atoms with van der Waals surface area (Å²) in [5, 5.41) is 21.1. The second-order valence-electron chi connectivity index (χ2n) is 8.30. The number of carbonyl (C=O) groups excluding carboxylic acids is 2. The van der Waals surface area contributed by atoms with Gasteiger partial charge < -0.3 is 10.2 Å². The minimum absolute atomic E-state index is 0.0375. The molecule has 2 N–H and O–H groups in total. The monoisotopic (exact) mass is 366 g/mol. The molecule has 0 fully saturated rings. The van der Waals surface area contributed by atoms with Crippen molar-refractivity contribution in [3.05, 3.63) is 23.8 Å². The highest BCUT2D eigenvalue weighted by Crippen LogP contribution is 2.37. The van der Waals surface area contributed by atoms with E-state index in [4.69, 9.17) is 0 Å². The first-order valence-electron chi connectivity index (χ1n) is 9.82. The van der Waals surface area contributed by atoms with Crippen LogP contribution in [0.15, 0.2) is 23.8 Å². The van der Waals surface area contributed by atoms with Crippen LogP contribution in [0, 0.1) is 17.3 Å². The third-order valence-corrected chi connectivity index (χ3v) is 5.20. The highest BCUT2D eigenvalue weighted by atomic mass is 16.5. The summed E-state index contributed by atoms with van der Waals surface area (Å²) in [6.45, 7) is 11.4. The molecule has 0 saturated heterocycles. The zero-order valence-corrected chi connectivity index (χ0v) is 17.4. The maximum Gasteiger partial charge on any atom is 0.188 e. The van der Waals surface area contributed by atoms with Crippen molar-refractivity contribution in [2.45, 2.75) is 85.9 Å². The van der Waals surface area contributed by atoms with Gasteiger partial charge in [-0.2, -0.15) is 0 Å². The van der Waals surface area contributed by atoms with E-state index < -0.39 is 17.0 Å². The molecule has 0 rings (SSSR count). The Kier molecular flexibility index (Phi) is 10.9. The fourth-order valence-corrected chi connectivity index (χ4v) is 2.59. The molecule has 0 heterocycles. The highest BCUT2D eigenvalue weighted by molar-refractivity contribution is 6.17. The van der Waals surface area contributed by atoms with Crippen LogP contribution in [0.2, 0.25) is 0 Å². The molecule has 0 radical (unpaired) electrons. The summed E-state index contributed by atoms with van der Waals surface area (Å²) in [5.41, 5.74) is -1.17. The molecular formula is C22H38O4. The molecule has 0 aromatic carbocycles. The molecule has 0 aliphatic rings. The number of hydrogen-bond acceptors (Lipinski definition) is 4. The van der Waals surface area contributed by atoms with Crippen LogP contribution in [0.3, 0.4) is 0 Å². The fourth-order valence-electron chi connectivity index (χ4n) is 2.59. The van der Waals surface area contributed by atoms with Crippen molar-refractivity contribution >= 4 is 12.1 Å². The molecule has 1 unspecified atom stereocenters. The number of allylic oxidation sites excluding steroid dienone is 3. The van der Waals surface area contributed by atoms with E-state index >= 15 is 0 Å². The molecular weight excluding hydrogens is 328 g/mol. The summed E-state index contributed by atoms with van der Waals surface area (Å²) in [4.78, 5) is 23.6. The molecule has 1 atom stereocenters. The maximum absolute atomic E-state index is 12.2. The molecule has 150 valence electrons. The molecule has 0 bridgehead atoms. The van der Waals surface area contributed by atoms with E-state index in [0.717, 1.165) is 25.7 Å². The topological polar surface area (TPSA) is 74.6 Å². The minimum atomic E-state index is -2.00. The lowest BCUT2D eigenvalue weighted by atomic mass is 9.75. The second-order valence-corrected chi connectivity index (χ2v) is 8.30. The van der Waals surface area contributed by atoms with Gasteiger partial charge in [-0.1, -0.05) is 73.0 Å². The molecule has 4 nitrogen and oxygen atoms in total. The first-order valence-corrected chi connectivity index (χ1v) is 9.82. The summed E-state index contributed by atoms with van der Waals surface area (Å²) in [5.74, 6) is -2.00. The van der Waals surface area contributed by atoms with E-state index in [9.17, 15) is 19.8 Å². The maximum atomic E-state index is 12.2. The Morgan fingerprint density at radius 3 is 2.19 bits per heavy atom. The molecule has 26 heavy (non-hydrogen) atoms. The van der Waals surface area contributed by atoms with Gasteiger partial charge in [0.05, 0.1) is 5.57 Å². The van der Waals surface area contributed by atoms with Crippen LogP contribution < -0.4 is 0 Å². The number of carbonyl (C=O) groups is 2. The molecule has 0 aliphatic heterocycles. The average molecular weight is 367 g/mol. The largest absolute Gasteiger partial charge is 0.365 e. The average Bonchev–Trinajstić information content (AvgIpc) is 2.54. The van der Waals surface area contributed by atoms with Crippen LogP contribution in [0.5, 0.6) is 0 Å². The predicted molar refractivity (Wildman–Crippen MR) is 107 cm³/mol. The van der Waals surface area contributed by atoms with Crippen LogP contribution in [-0.4, -0.2) is 28.1 Å². The number of rotatable bonds is 13. The Morgan fingerprint density at radius 2 is 1.69 bits per heavy atom. The number of hydrogen-bond donors (Lipinski definition) is 2.